The highest BCUT2D eigenvalue weighted by Crippen LogP contribution is 3.02. The average Bonchev–Trinajstić information content (AvgIpc) is 3.22. The predicted octanol–water partition coefficient (Wildman–Crippen LogP) is 6.23. The van der Waals surface area contributed by atoms with E-state index in [2.05, 4.69) is 10.3 Å². The van der Waals surface area contributed by atoms with E-state index in [-0.39, 0.29) is 23.8 Å². The molecular formula is C26H25F10N5O3S. The molecule has 2 fully saturated rings. The van der Waals surface area contributed by atoms with Gasteiger partial charge in [-0.2, -0.15) is 5.26 Å². The lowest BCUT2D eigenvalue weighted by Crippen LogP contribution is -2.52. The molecule has 2 amide bonds. The first-order valence-electron chi connectivity index (χ1n) is 13.2. The van der Waals surface area contributed by atoms with Crippen molar-refractivity contribution in [3.63, 3.8) is 0 Å². The predicted molar refractivity (Wildman–Crippen MR) is 139 cm³/mol. The van der Waals surface area contributed by atoms with Crippen LogP contribution < -0.4 is 10.2 Å². The molecule has 0 spiro atoms. The Morgan fingerprint density at radius 3 is 2.29 bits per heavy atom. The lowest BCUT2D eigenvalue weighted by Gasteiger charge is -2.41. The smallest absolute Gasteiger partial charge is 0.313 e. The molecular weight excluding hydrogens is 652 g/mol. The number of aromatic nitrogens is 1. The van der Waals surface area contributed by atoms with Gasteiger partial charge in [-0.25, -0.2) is 22.0 Å². The van der Waals surface area contributed by atoms with Gasteiger partial charge in [-0.15, -0.1) is 0 Å². The van der Waals surface area contributed by atoms with Crippen LogP contribution in [0.2, 0.25) is 0 Å². The molecule has 2 aliphatic rings. The molecule has 1 aliphatic carbocycles. The summed E-state index contributed by atoms with van der Waals surface area (Å²) in [6.07, 6.45) is 0.492. The van der Waals surface area contributed by atoms with Gasteiger partial charge in [0.15, 0.2) is 17.8 Å². The molecule has 3 atom stereocenters. The van der Waals surface area contributed by atoms with E-state index < -0.39 is 117 Å². The lowest BCUT2D eigenvalue weighted by atomic mass is 9.91. The number of nitrogens with zero attached hydrogens (tertiary/aromatic N) is 4. The Labute approximate surface area is 249 Å². The van der Waals surface area contributed by atoms with Crippen LogP contribution >= 0.6 is 10.2 Å². The molecule has 0 radical (unpaired) electrons. The molecule has 248 valence electrons. The number of anilines is 1. The Morgan fingerprint density at radius 1 is 1.11 bits per heavy atom. The summed E-state index contributed by atoms with van der Waals surface area (Å²) in [5, 5.41) is 22.4. The number of nitriles is 1. The topological polar surface area (TPSA) is 110 Å². The zero-order chi connectivity index (χ0) is 33.8. The number of carbonyl (C=O) groups is 2. The van der Waals surface area contributed by atoms with Crippen LogP contribution in [0.25, 0.3) is 0 Å². The van der Waals surface area contributed by atoms with E-state index in [9.17, 15) is 56.9 Å². The van der Waals surface area contributed by atoms with Gasteiger partial charge in [0.25, 0.3) is 5.91 Å². The fourth-order valence-electron chi connectivity index (χ4n) is 5.41. The molecule has 3 unspecified atom stereocenters. The molecule has 19 heteroatoms. The van der Waals surface area contributed by atoms with Crippen molar-refractivity contribution in [2.45, 2.75) is 73.6 Å². The van der Waals surface area contributed by atoms with E-state index in [1.54, 1.807) is 6.19 Å². The summed E-state index contributed by atoms with van der Waals surface area (Å²) >= 11 is 0. The van der Waals surface area contributed by atoms with Crippen LogP contribution in [0.4, 0.5) is 47.1 Å². The quantitative estimate of drug-likeness (QED) is 0.266. The molecule has 2 N–H and O–H groups in total. The normalized spacial score (nSPS) is 24.2. The first-order valence-corrected chi connectivity index (χ1v) is 15.1. The number of β-amino-alcohol motifs (C(OH)–C–C–N with tert-alkyl or cyclic N) is 1. The lowest BCUT2D eigenvalue weighted by molar-refractivity contribution is -0.129. The fraction of sp³-hybridized carbons (Fsp3) is 0.462. The van der Waals surface area contributed by atoms with Gasteiger partial charge in [-0.05, 0) is 38.0 Å². The highest BCUT2D eigenvalue weighted by molar-refractivity contribution is 8.45. The minimum absolute atomic E-state index is 0.0402. The Kier molecular flexibility index (Phi) is 8.06. The SMILES string of the molecule is CC1(O)CC(C(=O)N(c2ccc(S(F)(F)(F)(F)F)c(F)c2F)C(C(=O)NC2CCC(F)(F)CC2)c2cncc(F)c2)N(C#N)C1. The maximum Gasteiger partial charge on any atom is 0.313 e. The van der Waals surface area contributed by atoms with Crippen molar-refractivity contribution in [3.8, 4) is 6.19 Å². The summed E-state index contributed by atoms with van der Waals surface area (Å²) < 4.78 is 140. The number of benzene rings is 1. The fourth-order valence-corrected chi connectivity index (χ4v) is 6.16. The molecule has 1 aromatic carbocycles. The van der Waals surface area contributed by atoms with Crippen molar-refractivity contribution in [2.24, 2.45) is 0 Å². The number of hydrogen-bond donors (Lipinski definition) is 2. The number of aliphatic hydroxyl groups is 1. The van der Waals surface area contributed by atoms with E-state index in [4.69, 9.17) is 0 Å². The number of carbonyl (C=O) groups excluding carboxylic acids is 2. The largest absolute Gasteiger partial charge is 0.388 e. The van der Waals surface area contributed by atoms with Gasteiger partial charge in [-0.1, -0.05) is 19.4 Å². The summed E-state index contributed by atoms with van der Waals surface area (Å²) in [5.41, 5.74) is -3.83. The van der Waals surface area contributed by atoms with Gasteiger partial charge in [0, 0.05) is 37.1 Å². The van der Waals surface area contributed by atoms with Crippen molar-refractivity contribution >= 4 is 27.7 Å². The highest BCUT2D eigenvalue weighted by Gasteiger charge is 2.67. The molecule has 0 bridgehead atoms. The second kappa shape index (κ2) is 10.6. The third-order valence-corrected chi connectivity index (χ3v) is 8.63. The standard InChI is InChI=1S/C26H25F10N5O3S/c1-25(44)9-18(40(12-25)13-37)24(43)41(17-2-3-19(21(29)20(17)28)45(32,33,34,35)36)22(14-8-15(27)11-38-10-14)23(42)39-16-4-6-26(30,31)7-5-16/h2-3,8,10-11,16,18,22,44H,4-7,9,12H2,1H3,(H,39,42). The zero-order valence-corrected chi connectivity index (χ0v) is 23.9. The maximum atomic E-state index is 15.5. The summed E-state index contributed by atoms with van der Waals surface area (Å²) in [6.45, 7) is 0.695. The van der Waals surface area contributed by atoms with Crippen molar-refractivity contribution in [2.75, 3.05) is 11.4 Å². The van der Waals surface area contributed by atoms with Crippen LogP contribution in [-0.2, 0) is 9.59 Å². The van der Waals surface area contributed by atoms with E-state index in [1.165, 1.54) is 6.92 Å². The Morgan fingerprint density at radius 2 is 1.73 bits per heavy atom. The Bertz CT molecular complexity index is 1560. The van der Waals surface area contributed by atoms with Gasteiger partial charge in [-0.3, -0.25) is 24.4 Å². The molecule has 45 heavy (non-hydrogen) atoms. The molecule has 1 aliphatic heterocycles. The molecule has 2 heterocycles. The number of rotatable bonds is 7. The minimum atomic E-state index is -10.9. The van der Waals surface area contributed by atoms with E-state index >= 15 is 4.39 Å². The summed E-state index contributed by atoms with van der Waals surface area (Å²) in [4.78, 5) is 28.8. The Balaban J connectivity index is 1.92. The van der Waals surface area contributed by atoms with E-state index in [1.807, 2.05) is 0 Å². The molecule has 1 saturated heterocycles. The number of alkyl halides is 2. The maximum absolute atomic E-state index is 15.5. The minimum Gasteiger partial charge on any atom is -0.388 e. The van der Waals surface area contributed by atoms with Gasteiger partial charge >= 0.3 is 10.2 Å². The number of pyridine rings is 1. The number of hydrogen-bond acceptors (Lipinski definition) is 6. The van der Waals surface area contributed by atoms with Crippen molar-refractivity contribution in [3.05, 3.63) is 53.6 Å². The van der Waals surface area contributed by atoms with Gasteiger partial charge in [0.1, 0.15) is 22.8 Å². The number of amides is 2. The van der Waals surface area contributed by atoms with Crippen LogP contribution in [0, 0.1) is 28.9 Å². The summed E-state index contributed by atoms with van der Waals surface area (Å²) in [6, 6.07) is -5.05. The highest BCUT2D eigenvalue weighted by atomic mass is 32.5. The van der Waals surface area contributed by atoms with Crippen LogP contribution in [0.15, 0.2) is 35.5 Å². The zero-order valence-electron chi connectivity index (χ0n) is 23.1. The van der Waals surface area contributed by atoms with Crippen LogP contribution in [-0.4, -0.2) is 57.0 Å². The van der Waals surface area contributed by atoms with E-state index in [0.29, 0.717) is 17.2 Å². The van der Waals surface area contributed by atoms with Crippen molar-refractivity contribution in [1.29, 1.82) is 5.26 Å². The third-order valence-electron chi connectivity index (χ3n) is 7.48. The summed E-state index contributed by atoms with van der Waals surface area (Å²) in [7, 11) is -10.9. The van der Waals surface area contributed by atoms with Gasteiger partial charge in [0.05, 0.1) is 24.0 Å². The first-order chi connectivity index (χ1) is 20.4. The van der Waals surface area contributed by atoms with Gasteiger partial charge in [0.2, 0.25) is 11.8 Å². The molecule has 4 rings (SSSR count). The van der Waals surface area contributed by atoms with Crippen LogP contribution in [0.3, 0.4) is 0 Å². The van der Waals surface area contributed by atoms with Crippen molar-refractivity contribution < 1.29 is 56.1 Å². The van der Waals surface area contributed by atoms with Crippen LogP contribution in [0.1, 0.15) is 50.6 Å². The second-order valence-corrected chi connectivity index (χ2v) is 13.7. The number of nitrogens with one attached hydrogen (secondary N) is 1. The van der Waals surface area contributed by atoms with Crippen LogP contribution in [0.5, 0.6) is 0 Å². The van der Waals surface area contributed by atoms with Gasteiger partial charge < -0.3 is 10.4 Å². The average molecular weight is 678 g/mol. The number of likely N-dealkylation sites (tertiary alicyclic amines) is 1. The van der Waals surface area contributed by atoms with E-state index in [0.717, 1.165) is 6.20 Å². The molecule has 2 aromatic rings. The molecule has 8 nitrogen and oxygen atoms in total. The molecule has 1 aromatic heterocycles. The first kappa shape index (κ1) is 34.1. The molecule has 1 saturated carbocycles. The second-order valence-electron chi connectivity index (χ2n) is 11.3. The monoisotopic (exact) mass is 677 g/mol. The third kappa shape index (κ3) is 7.38. The number of halogens is 10. The van der Waals surface area contributed by atoms with Crippen molar-refractivity contribution in [1.82, 2.24) is 15.2 Å². The summed E-state index contributed by atoms with van der Waals surface area (Å²) in [5.74, 6) is -12.8. The Hall–Kier alpha value is -3.79.